The lowest BCUT2D eigenvalue weighted by Gasteiger charge is -2.05. The van der Waals surface area contributed by atoms with Gasteiger partial charge in [0, 0.05) is 13.5 Å². The van der Waals surface area contributed by atoms with Crippen LogP contribution in [-0.2, 0) is 4.79 Å². The standard InChI is InChI=1S/C12H14N2O2/c1-14-12(15)6-3-7-16-11-5-2-4-10(8-11)9-13/h2,4-5,8H,3,6-7H2,1H3,(H,14,15). The molecule has 1 N–H and O–H groups in total. The molecule has 0 unspecified atom stereocenters. The molecule has 0 radical (unpaired) electrons. The molecular weight excluding hydrogens is 204 g/mol. The van der Waals surface area contributed by atoms with Gasteiger partial charge in [0.15, 0.2) is 0 Å². The average molecular weight is 218 g/mol. The minimum Gasteiger partial charge on any atom is -0.494 e. The summed E-state index contributed by atoms with van der Waals surface area (Å²) in [7, 11) is 1.61. The number of hydrogen-bond donors (Lipinski definition) is 1. The van der Waals surface area contributed by atoms with Crippen molar-refractivity contribution in [2.45, 2.75) is 12.8 Å². The van der Waals surface area contributed by atoms with Crippen LogP contribution >= 0.6 is 0 Å². The van der Waals surface area contributed by atoms with Crippen molar-refractivity contribution in [2.24, 2.45) is 0 Å². The molecule has 0 heterocycles. The van der Waals surface area contributed by atoms with Crippen molar-refractivity contribution >= 4 is 5.91 Å². The van der Waals surface area contributed by atoms with E-state index in [0.717, 1.165) is 0 Å². The number of ether oxygens (including phenoxy) is 1. The zero-order valence-corrected chi connectivity index (χ0v) is 9.19. The first-order chi connectivity index (χ1) is 7.76. The Hall–Kier alpha value is -2.02. The van der Waals surface area contributed by atoms with Gasteiger partial charge in [-0.2, -0.15) is 5.26 Å². The first-order valence-corrected chi connectivity index (χ1v) is 5.10. The molecule has 1 aromatic rings. The van der Waals surface area contributed by atoms with Crippen molar-refractivity contribution in [1.82, 2.24) is 5.32 Å². The van der Waals surface area contributed by atoms with Crippen LogP contribution in [0.2, 0.25) is 0 Å². The van der Waals surface area contributed by atoms with Crippen LogP contribution in [-0.4, -0.2) is 19.6 Å². The molecule has 1 aromatic carbocycles. The van der Waals surface area contributed by atoms with E-state index in [0.29, 0.717) is 30.8 Å². The Labute approximate surface area is 94.8 Å². The smallest absolute Gasteiger partial charge is 0.219 e. The van der Waals surface area contributed by atoms with Crippen molar-refractivity contribution in [3.63, 3.8) is 0 Å². The quantitative estimate of drug-likeness (QED) is 0.761. The van der Waals surface area contributed by atoms with E-state index in [1.54, 1.807) is 31.3 Å². The second-order valence-electron chi connectivity index (χ2n) is 3.26. The predicted molar refractivity (Wildman–Crippen MR) is 60.0 cm³/mol. The highest BCUT2D eigenvalue weighted by Gasteiger charge is 1.99. The molecule has 0 spiro atoms. The fourth-order valence-corrected chi connectivity index (χ4v) is 1.20. The maximum absolute atomic E-state index is 10.9. The third-order valence-corrected chi connectivity index (χ3v) is 2.06. The molecule has 84 valence electrons. The summed E-state index contributed by atoms with van der Waals surface area (Å²) in [4.78, 5) is 10.9. The summed E-state index contributed by atoms with van der Waals surface area (Å²) in [6.45, 7) is 0.475. The molecule has 0 aliphatic carbocycles. The van der Waals surface area contributed by atoms with Gasteiger partial charge < -0.3 is 10.1 Å². The van der Waals surface area contributed by atoms with Crippen LogP contribution in [0.1, 0.15) is 18.4 Å². The van der Waals surface area contributed by atoms with E-state index in [-0.39, 0.29) is 5.91 Å². The third-order valence-electron chi connectivity index (χ3n) is 2.06. The van der Waals surface area contributed by atoms with E-state index >= 15 is 0 Å². The van der Waals surface area contributed by atoms with Gasteiger partial charge in [-0.1, -0.05) is 6.07 Å². The summed E-state index contributed by atoms with van der Waals surface area (Å²) >= 11 is 0. The van der Waals surface area contributed by atoms with Gasteiger partial charge in [0.05, 0.1) is 18.2 Å². The van der Waals surface area contributed by atoms with Crippen molar-refractivity contribution in [2.75, 3.05) is 13.7 Å². The molecule has 0 saturated carbocycles. The minimum atomic E-state index is 0.00868. The molecule has 0 bridgehead atoms. The molecule has 16 heavy (non-hydrogen) atoms. The maximum Gasteiger partial charge on any atom is 0.219 e. The molecule has 0 aliphatic rings. The molecule has 4 nitrogen and oxygen atoms in total. The Balaban J connectivity index is 2.32. The molecule has 0 saturated heterocycles. The number of rotatable bonds is 5. The van der Waals surface area contributed by atoms with Crippen molar-refractivity contribution in [3.8, 4) is 11.8 Å². The van der Waals surface area contributed by atoms with Gasteiger partial charge in [-0.3, -0.25) is 4.79 Å². The highest BCUT2D eigenvalue weighted by Crippen LogP contribution is 2.12. The van der Waals surface area contributed by atoms with Crippen LogP contribution in [0.3, 0.4) is 0 Å². The summed E-state index contributed by atoms with van der Waals surface area (Å²) < 4.78 is 5.41. The molecular formula is C12H14N2O2. The van der Waals surface area contributed by atoms with Gasteiger partial charge in [-0.15, -0.1) is 0 Å². The van der Waals surface area contributed by atoms with Gasteiger partial charge in [0.25, 0.3) is 0 Å². The lowest BCUT2D eigenvalue weighted by molar-refractivity contribution is -0.120. The summed E-state index contributed by atoms with van der Waals surface area (Å²) in [5.74, 6) is 0.672. The van der Waals surface area contributed by atoms with E-state index in [2.05, 4.69) is 5.32 Å². The van der Waals surface area contributed by atoms with Crippen LogP contribution < -0.4 is 10.1 Å². The molecule has 4 heteroatoms. The summed E-state index contributed by atoms with van der Waals surface area (Å²) in [5, 5.41) is 11.2. The lowest BCUT2D eigenvalue weighted by Crippen LogP contribution is -2.18. The van der Waals surface area contributed by atoms with Crippen LogP contribution in [0, 0.1) is 11.3 Å². The van der Waals surface area contributed by atoms with Gasteiger partial charge >= 0.3 is 0 Å². The number of benzene rings is 1. The number of carbonyl (C=O) groups excluding carboxylic acids is 1. The zero-order valence-electron chi connectivity index (χ0n) is 9.19. The number of nitrogens with one attached hydrogen (secondary N) is 1. The monoisotopic (exact) mass is 218 g/mol. The van der Waals surface area contributed by atoms with Crippen molar-refractivity contribution in [1.29, 1.82) is 5.26 Å². The molecule has 1 rings (SSSR count). The largest absolute Gasteiger partial charge is 0.494 e. The van der Waals surface area contributed by atoms with Gasteiger partial charge in [-0.25, -0.2) is 0 Å². The SMILES string of the molecule is CNC(=O)CCCOc1cccc(C#N)c1. The fourth-order valence-electron chi connectivity index (χ4n) is 1.20. The highest BCUT2D eigenvalue weighted by atomic mass is 16.5. The Morgan fingerprint density at radius 3 is 3.06 bits per heavy atom. The topological polar surface area (TPSA) is 62.1 Å². The van der Waals surface area contributed by atoms with Gasteiger partial charge in [0.2, 0.25) is 5.91 Å². The number of amides is 1. The second-order valence-corrected chi connectivity index (χ2v) is 3.26. The van der Waals surface area contributed by atoms with Crippen LogP contribution in [0.15, 0.2) is 24.3 Å². The Morgan fingerprint density at radius 1 is 1.56 bits per heavy atom. The van der Waals surface area contributed by atoms with Crippen LogP contribution in [0.25, 0.3) is 0 Å². The number of hydrogen-bond acceptors (Lipinski definition) is 3. The Bertz CT molecular complexity index is 396. The van der Waals surface area contributed by atoms with Crippen LogP contribution in [0.5, 0.6) is 5.75 Å². The summed E-state index contributed by atoms with van der Waals surface area (Å²) in [5.41, 5.74) is 0.573. The minimum absolute atomic E-state index is 0.00868. The molecule has 1 amide bonds. The van der Waals surface area contributed by atoms with E-state index in [1.807, 2.05) is 6.07 Å². The molecule has 0 aliphatic heterocycles. The zero-order chi connectivity index (χ0) is 11.8. The van der Waals surface area contributed by atoms with Crippen molar-refractivity contribution < 1.29 is 9.53 Å². The second kappa shape index (κ2) is 6.46. The Kier molecular flexibility index (Phi) is 4.87. The normalized spacial score (nSPS) is 9.25. The number of nitrogens with zero attached hydrogens (tertiary/aromatic N) is 1. The first kappa shape index (κ1) is 12.1. The van der Waals surface area contributed by atoms with Gasteiger partial charge in [-0.05, 0) is 24.6 Å². The number of carbonyl (C=O) groups is 1. The van der Waals surface area contributed by atoms with E-state index in [1.165, 1.54) is 0 Å². The van der Waals surface area contributed by atoms with Gasteiger partial charge in [0.1, 0.15) is 5.75 Å². The first-order valence-electron chi connectivity index (χ1n) is 5.10. The number of nitriles is 1. The fraction of sp³-hybridized carbons (Fsp3) is 0.333. The summed E-state index contributed by atoms with van der Waals surface area (Å²) in [6.07, 6.45) is 1.12. The van der Waals surface area contributed by atoms with E-state index in [9.17, 15) is 4.79 Å². The van der Waals surface area contributed by atoms with Crippen molar-refractivity contribution in [3.05, 3.63) is 29.8 Å². The highest BCUT2D eigenvalue weighted by molar-refractivity contribution is 5.75. The Morgan fingerprint density at radius 2 is 2.38 bits per heavy atom. The third kappa shape index (κ3) is 4.01. The molecule has 0 aromatic heterocycles. The predicted octanol–water partition coefficient (Wildman–Crippen LogP) is 1.46. The molecule has 0 atom stereocenters. The average Bonchev–Trinajstić information content (AvgIpc) is 2.34. The maximum atomic E-state index is 10.9. The van der Waals surface area contributed by atoms with E-state index in [4.69, 9.17) is 10.00 Å². The van der Waals surface area contributed by atoms with Crippen LogP contribution in [0.4, 0.5) is 0 Å². The lowest BCUT2D eigenvalue weighted by atomic mass is 10.2. The van der Waals surface area contributed by atoms with E-state index < -0.39 is 0 Å². The summed E-state index contributed by atoms with van der Waals surface area (Å²) in [6, 6.07) is 9.00. The molecule has 0 fully saturated rings.